The first-order chi connectivity index (χ1) is 11.1. The number of hydrogen-bond donors (Lipinski definition) is 1. The molecule has 1 saturated heterocycles. The topological polar surface area (TPSA) is 69.6 Å². The van der Waals surface area contributed by atoms with Gasteiger partial charge in [0.1, 0.15) is 17.0 Å². The van der Waals surface area contributed by atoms with Crippen molar-refractivity contribution in [1.82, 2.24) is 14.9 Å². The smallest absolute Gasteiger partial charge is 0.407 e. The molecule has 124 valence electrons. The van der Waals surface area contributed by atoms with Crippen molar-refractivity contribution in [3.8, 4) is 0 Å². The Balaban J connectivity index is 1.95. The Morgan fingerprint density at radius 2 is 2.22 bits per heavy atom. The van der Waals surface area contributed by atoms with E-state index in [4.69, 9.17) is 0 Å². The van der Waals surface area contributed by atoms with Gasteiger partial charge in [0.05, 0.1) is 5.39 Å². The number of anilines is 1. The first-order valence-corrected chi connectivity index (χ1v) is 8.93. The summed E-state index contributed by atoms with van der Waals surface area (Å²) in [6.07, 6.45) is 3.76. The number of piperazine rings is 1. The highest BCUT2D eigenvalue weighted by molar-refractivity contribution is 7.18. The number of carboxylic acid groups (broad SMARTS) is 1. The molecule has 1 N–H and O–H groups in total. The van der Waals surface area contributed by atoms with Gasteiger partial charge in [-0.15, -0.1) is 11.3 Å². The Labute approximate surface area is 139 Å². The highest BCUT2D eigenvalue weighted by atomic mass is 32.1. The lowest BCUT2D eigenvalue weighted by atomic mass is 10.1. The molecule has 1 amide bonds. The van der Waals surface area contributed by atoms with Crippen molar-refractivity contribution < 1.29 is 9.90 Å². The number of fused-ring (bicyclic) bond motifs is 1. The van der Waals surface area contributed by atoms with E-state index in [0.29, 0.717) is 19.6 Å². The van der Waals surface area contributed by atoms with Gasteiger partial charge in [0.15, 0.2) is 0 Å². The Morgan fingerprint density at radius 3 is 2.91 bits per heavy atom. The third-order valence-corrected chi connectivity index (χ3v) is 5.54. The second-order valence-electron chi connectivity index (χ2n) is 5.85. The number of hydrogen-bond acceptors (Lipinski definition) is 5. The molecule has 0 bridgehead atoms. The van der Waals surface area contributed by atoms with Crippen molar-refractivity contribution in [3.05, 3.63) is 17.3 Å². The molecule has 6 nitrogen and oxygen atoms in total. The number of rotatable bonds is 4. The second kappa shape index (κ2) is 6.70. The molecule has 1 fully saturated rings. The molecule has 3 rings (SSSR count). The van der Waals surface area contributed by atoms with Gasteiger partial charge >= 0.3 is 6.09 Å². The minimum Gasteiger partial charge on any atom is -0.465 e. The number of thiophene rings is 1. The van der Waals surface area contributed by atoms with Crippen molar-refractivity contribution in [2.75, 3.05) is 24.5 Å². The molecule has 0 radical (unpaired) electrons. The van der Waals surface area contributed by atoms with Crippen LogP contribution < -0.4 is 4.90 Å². The third kappa shape index (κ3) is 3.10. The number of carbonyl (C=O) groups is 1. The van der Waals surface area contributed by atoms with Crippen LogP contribution in [0.4, 0.5) is 10.6 Å². The molecule has 0 saturated carbocycles. The van der Waals surface area contributed by atoms with Gasteiger partial charge < -0.3 is 14.9 Å². The van der Waals surface area contributed by atoms with Crippen molar-refractivity contribution in [3.63, 3.8) is 0 Å². The summed E-state index contributed by atoms with van der Waals surface area (Å²) in [7, 11) is 0. The highest BCUT2D eigenvalue weighted by Gasteiger charge is 2.30. The van der Waals surface area contributed by atoms with Crippen LogP contribution in [0, 0.1) is 0 Å². The predicted molar refractivity (Wildman–Crippen MR) is 92.4 cm³/mol. The summed E-state index contributed by atoms with van der Waals surface area (Å²) < 4.78 is 0. The lowest BCUT2D eigenvalue weighted by molar-refractivity contribution is 0.133. The average Bonchev–Trinajstić information content (AvgIpc) is 2.98. The Bertz CT molecular complexity index is 702. The number of nitrogens with zero attached hydrogens (tertiary/aromatic N) is 4. The Kier molecular flexibility index (Phi) is 4.66. The molecule has 1 aliphatic heterocycles. The van der Waals surface area contributed by atoms with Crippen LogP contribution in [0.25, 0.3) is 10.2 Å². The molecule has 1 aliphatic rings. The summed E-state index contributed by atoms with van der Waals surface area (Å²) in [5.74, 6) is 0.953. The standard InChI is InChI=1S/C16H22N4O2S/c1-3-5-11-9-19(16(21)22)6-7-20(11)14-13-8-12(4-2)23-15(13)18-10-17-14/h8,10-11H,3-7,9H2,1-2H3,(H,21,22). The van der Waals surface area contributed by atoms with Crippen molar-refractivity contribution in [1.29, 1.82) is 0 Å². The van der Waals surface area contributed by atoms with Gasteiger partial charge in [0.2, 0.25) is 0 Å². The van der Waals surface area contributed by atoms with Crippen LogP contribution >= 0.6 is 11.3 Å². The summed E-state index contributed by atoms with van der Waals surface area (Å²) in [6.45, 7) is 6.02. The van der Waals surface area contributed by atoms with Crippen LogP contribution in [0.1, 0.15) is 31.6 Å². The summed E-state index contributed by atoms with van der Waals surface area (Å²) in [5.41, 5.74) is 0. The zero-order valence-corrected chi connectivity index (χ0v) is 14.3. The lowest BCUT2D eigenvalue weighted by Crippen LogP contribution is -2.54. The summed E-state index contributed by atoms with van der Waals surface area (Å²) in [6, 6.07) is 2.36. The first kappa shape index (κ1) is 16.0. The van der Waals surface area contributed by atoms with E-state index in [2.05, 4.69) is 34.8 Å². The maximum Gasteiger partial charge on any atom is 0.407 e. The fourth-order valence-corrected chi connectivity index (χ4v) is 4.11. The average molecular weight is 334 g/mol. The van der Waals surface area contributed by atoms with Gasteiger partial charge in [-0.05, 0) is 18.9 Å². The van der Waals surface area contributed by atoms with E-state index in [9.17, 15) is 9.90 Å². The van der Waals surface area contributed by atoms with Gasteiger partial charge in [-0.25, -0.2) is 14.8 Å². The third-order valence-electron chi connectivity index (χ3n) is 4.36. The van der Waals surface area contributed by atoms with Crippen LogP contribution in [0.3, 0.4) is 0 Å². The fraction of sp³-hybridized carbons (Fsp3) is 0.562. The minimum atomic E-state index is -0.831. The quantitative estimate of drug-likeness (QED) is 0.929. The normalized spacial score (nSPS) is 18.6. The Hall–Kier alpha value is -1.89. The molecular weight excluding hydrogens is 312 g/mol. The SMILES string of the molecule is CCCC1CN(C(=O)O)CCN1c1ncnc2sc(CC)cc12. The molecule has 1 atom stereocenters. The van der Waals surface area contributed by atoms with Crippen molar-refractivity contribution in [2.45, 2.75) is 39.2 Å². The van der Waals surface area contributed by atoms with Crippen LogP contribution in [0.2, 0.25) is 0 Å². The van der Waals surface area contributed by atoms with Crippen LogP contribution in [-0.2, 0) is 6.42 Å². The fourth-order valence-electron chi connectivity index (χ4n) is 3.18. The van der Waals surface area contributed by atoms with Crippen LogP contribution in [0.15, 0.2) is 12.4 Å². The molecule has 0 aromatic carbocycles. The van der Waals surface area contributed by atoms with Crippen molar-refractivity contribution in [2.24, 2.45) is 0 Å². The molecule has 3 heterocycles. The van der Waals surface area contributed by atoms with E-state index in [-0.39, 0.29) is 6.04 Å². The molecule has 1 unspecified atom stereocenters. The van der Waals surface area contributed by atoms with E-state index in [0.717, 1.165) is 35.3 Å². The van der Waals surface area contributed by atoms with Gasteiger partial charge in [0.25, 0.3) is 0 Å². The summed E-state index contributed by atoms with van der Waals surface area (Å²) in [5, 5.41) is 10.4. The van der Waals surface area contributed by atoms with E-state index in [1.807, 2.05) is 0 Å². The highest BCUT2D eigenvalue weighted by Crippen LogP contribution is 2.32. The molecule has 2 aromatic rings. The number of aromatic nitrogens is 2. The molecule has 2 aromatic heterocycles. The van der Waals surface area contributed by atoms with E-state index >= 15 is 0 Å². The second-order valence-corrected chi connectivity index (χ2v) is 6.96. The number of aryl methyl sites for hydroxylation is 1. The molecular formula is C16H22N4O2S. The summed E-state index contributed by atoms with van der Waals surface area (Å²) >= 11 is 1.71. The minimum absolute atomic E-state index is 0.174. The van der Waals surface area contributed by atoms with Crippen LogP contribution in [-0.4, -0.2) is 51.7 Å². The van der Waals surface area contributed by atoms with Crippen molar-refractivity contribution >= 4 is 33.5 Å². The van der Waals surface area contributed by atoms with Gasteiger partial charge in [-0.2, -0.15) is 0 Å². The maximum absolute atomic E-state index is 11.3. The van der Waals surface area contributed by atoms with E-state index in [1.165, 1.54) is 9.78 Å². The monoisotopic (exact) mass is 334 g/mol. The zero-order valence-electron chi connectivity index (χ0n) is 13.5. The lowest BCUT2D eigenvalue weighted by Gasteiger charge is -2.41. The largest absolute Gasteiger partial charge is 0.465 e. The first-order valence-electron chi connectivity index (χ1n) is 8.12. The predicted octanol–water partition coefficient (Wildman–Crippen LogP) is 3.22. The molecule has 0 spiro atoms. The zero-order chi connectivity index (χ0) is 16.4. The Morgan fingerprint density at radius 1 is 1.39 bits per heavy atom. The van der Waals surface area contributed by atoms with Crippen LogP contribution in [0.5, 0.6) is 0 Å². The van der Waals surface area contributed by atoms with Gasteiger partial charge in [-0.3, -0.25) is 0 Å². The summed E-state index contributed by atoms with van der Waals surface area (Å²) in [4.78, 5) is 26.3. The van der Waals surface area contributed by atoms with E-state index in [1.54, 1.807) is 17.7 Å². The molecule has 7 heteroatoms. The molecule has 0 aliphatic carbocycles. The van der Waals surface area contributed by atoms with Gasteiger partial charge in [0, 0.05) is 30.6 Å². The van der Waals surface area contributed by atoms with E-state index < -0.39 is 6.09 Å². The van der Waals surface area contributed by atoms with Gasteiger partial charge in [-0.1, -0.05) is 20.3 Å². The molecule has 23 heavy (non-hydrogen) atoms. The number of amides is 1. The maximum atomic E-state index is 11.3.